The van der Waals surface area contributed by atoms with E-state index in [-0.39, 0.29) is 12.3 Å². The van der Waals surface area contributed by atoms with Crippen LogP contribution >= 0.6 is 0 Å². The predicted molar refractivity (Wildman–Crippen MR) is 65.9 cm³/mol. The third kappa shape index (κ3) is 4.79. The van der Waals surface area contributed by atoms with E-state index in [1.807, 2.05) is 6.92 Å². The topological polar surface area (TPSA) is 55.1 Å². The van der Waals surface area contributed by atoms with Crippen molar-refractivity contribution in [1.82, 2.24) is 5.32 Å². The fourth-order valence-electron chi connectivity index (χ4n) is 1.57. The second-order valence-electron chi connectivity index (χ2n) is 4.41. The predicted octanol–water partition coefficient (Wildman–Crippen LogP) is 1.61. The summed E-state index contributed by atoms with van der Waals surface area (Å²) in [7, 11) is 0. The van der Waals surface area contributed by atoms with Gasteiger partial charge in [0.2, 0.25) is 5.91 Å². The molecule has 0 saturated heterocycles. The van der Waals surface area contributed by atoms with Gasteiger partial charge in [-0.25, -0.2) is 8.78 Å². The van der Waals surface area contributed by atoms with E-state index in [1.54, 1.807) is 0 Å². The van der Waals surface area contributed by atoms with Crippen LogP contribution in [0.4, 0.5) is 8.78 Å². The second-order valence-corrected chi connectivity index (χ2v) is 4.41. The summed E-state index contributed by atoms with van der Waals surface area (Å²) in [6.07, 6.45) is 0.887. The van der Waals surface area contributed by atoms with Crippen molar-refractivity contribution in [2.45, 2.75) is 19.8 Å². The lowest BCUT2D eigenvalue weighted by molar-refractivity contribution is -0.120. The molecule has 0 bridgehead atoms. The molecule has 0 radical (unpaired) electrons. The van der Waals surface area contributed by atoms with Gasteiger partial charge in [-0.1, -0.05) is 13.0 Å². The van der Waals surface area contributed by atoms with Crippen LogP contribution in [0.1, 0.15) is 18.9 Å². The zero-order valence-corrected chi connectivity index (χ0v) is 10.4. The van der Waals surface area contributed by atoms with Gasteiger partial charge in [0.1, 0.15) is 0 Å². The van der Waals surface area contributed by atoms with E-state index in [9.17, 15) is 13.6 Å². The molecule has 3 nitrogen and oxygen atoms in total. The van der Waals surface area contributed by atoms with Gasteiger partial charge in [0.05, 0.1) is 6.42 Å². The molecular weight excluding hydrogens is 238 g/mol. The van der Waals surface area contributed by atoms with E-state index < -0.39 is 11.6 Å². The maximum atomic E-state index is 12.9. The van der Waals surface area contributed by atoms with Gasteiger partial charge >= 0.3 is 0 Å². The van der Waals surface area contributed by atoms with Crippen molar-refractivity contribution in [3.63, 3.8) is 0 Å². The average Bonchev–Trinajstić information content (AvgIpc) is 2.32. The molecule has 3 N–H and O–H groups in total. The first kappa shape index (κ1) is 14.6. The molecule has 0 spiro atoms. The molecule has 1 rings (SSSR count). The largest absolute Gasteiger partial charge is 0.356 e. The molecule has 0 aromatic heterocycles. The standard InChI is InChI=1S/C13H18F2N2O/c1-9(4-5-16)8-17-13(18)7-10-2-3-11(14)12(15)6-10/h2-3,6,9H,4-5,7-8,16H2,1H3,(H,17,18). The zero-order chi connectivity index (χ0) is 13.5. The smallest absolute Gasteiger partial charge is 0.224 e. The Morgan fingerprint density at radius 2 is 2.11 bits per heavy atom. The number of amides is 1. The lowest BCUT2D eigenvalue weighted by Crippen LogP contribution is -2.30. The molecule has 0 aliphatic rings. The highest BCUT2D eigenvalue weighted by Gasteiger charge is 2.08. The van der Waals surface area contributed by atoms with Crippen LogP contribution in [0.15, 0.2) is 18.2 Å². The number of carbonyl (C=O) groups is 1. The molecule has 1 aromatic rings. The molecule has 5 heteroatoms. The highest BCUT2D eigenvalue weighted by atomic mass is 19.2. The lowest BCUT2D eigenvalue weighted by atomic mass is 10.1. The summed E-state index contributed by atoms with van der Waals surface area (Å²) in [5.74, 6) is -1.73. The van der Waals surface area contributed by atoms with Gasteiger partial charge < -0.3 is 11.1 Å². The Morgan fingerprint density at radius 1 is 1.39 bits per heavy atom. The Kier molecular flexibility index (Phi) is 5.71. The molecule has 1 amide bonds. The van der Waals surface area contributed by atoms with Gasteiger partial charge in [0, 0.05) is 6.54 Å². The number of nitrogens with one attached hydrogen (secondary N) is 1. The first-order valence-electron chi connectivity index (χ1n) is 5.93. The fraction of sp³-hybridized carbons (Fsp3) is 0.462. The average molecular weight is 256 g/mol. The Labute approximate surface area is 105 Å². The fourth-order valence-corrected chi connectivity index (χ4v) is 1.57. The third-order valence-corrected chi connectivity index (χ3v) is 2.66. The molecule has 100 valence electrons. The normalized spacial score (nSPS) is 12.2. The summed E-state index contributed by atoms with van der Waals surface area (Å²) in [5, 5.41) is 2.74. The van der Waals surface area contributed by atoms with E-state index >= 15 is 0 Å². The van der Waals surface area contributed by atoms with Crippen LogP contribution in [0.2, 0.25) is 0 Å². The minimum absolute atomic E-state index is 0.0482. The number of hydrogen-bond donors (Lipinski definition) is 2. The zero-order valence-electron chi connectivity index (χ0n) is 10.4. The van der Waals surface area contributed by atoms with Crippen molar-refractivity contribution in [1.29, 1.82) is 0 Å². The van der Waals surface area contributed by atoms with E-state index in [0.717, 1.165) is 18.6 Å². The minimum atomic E-state index is -0.934. The molecule has 1 unspecified atom stereocenters. The van der Waals surface area contributed by atoms with Crippen LogP contribution in [0.3, 0.4) is 0 Å². The highest BCUT2D eigenvalue weighted by molar-refractivity contribution is 5.78. The summed E-state index contributed by atoms with van der Waals surface area (Å²) >= 11 is 0. The Bertz CT molecular complexity index is 410. The number of rotatable bonds is 6. The van der Waals surface area contributed by atoms with Crippen molar-refractivity contribution in [3.05, 3.63) is 35.4 Å². The van der Waals surface area contributed by atoms with Gasteiger partial charge in [-0.2, -0.15) is 0 Å². The molecular formula is C13H18F2N2O. The van der Waals surface area contributed by atoms with E-state index in [4.69, 9.17) is 5.73 Å². The molecule has 1 atom stereocenters. The quantitative estimate of drug-likeness (QED) is 0.812. The Balaban J connectivity index is 2.42. The maximum Gasteiger partial charge on any atom is 0.224 e. The van der Waals surface area contributed by atoms with Crippen molar-refractivity contribution in [2.24, 2.45) is 11.7 Å². The van der Waals surface area contributed by atoms with Crippen molar-refractivity contribution < 1.29 is 13.6 Å². The maximum absolute atomic E-state index is 12.9. The minimum Gasteiger partial charge on any atom is -0.356 e. The lowest BCUT2D eigenvalue weighted by Gasteiger charge is -2.11. The molecule has 0 saturated carbocycles. The van der Waals surface area contributed by atoms with Gasteiger partial charge in [0.25, 0.3) is 0 Å². The summed E-state index contributed by atoms with van der Waals surface area (Å²) in [6, 6.07) is 3.47. The summed E-state index contributed by atoms with van der Waals surface area (Å²) in [5.41, 5.74) is 5.86. The van der Waals surface area contributed by atoms with Crippen LogP contribution in [0.5, 0.6) is 0 Å². The van der Waals surface area contributed by atoms with E-state index in [0.29, 0.717) is 24.6 Å². The van der Waals surface area contributed by atoms with Crippen LogP contribution in [0, 0.1) is 17.6 Å². The van der Waals surface area contributed by atoms with Gasteiger partial charge in [-0.05, 0) is 36.6 Å². The molecule has 0 aliphatic heterocycles. The number of carbonyl (C=O) groups excluding carboxylic acids is 1. The van der Waals surface area contributed by atoms with Crippen molar-refractivity contribution in [3.8, 4) is 0 Å². The summed E-state index contributed by atoms with van der Waals surface area (Å²) in [6.45, 7) is 3.12. The first-order valence-corrected chi connectivity index (χ1v) is 5.93. The van der Waals surface area contributed by atoms with E-state index in [2.05, 4.69) is 5.32 Å². The van der Waals surface area contributed by atoms with Gasteiger partial charge in [-0.3, -0.25) is 4.79 Å². The van der Waals surface area contributed by atoms with E-state index in [1.165, 1.54) is 6.07 Å². The Hall–Kier alpha value is -1.49. The molecule has 0 fully saturated rings. The SMILES string of the molecule is CC(CCN)CNC(=O)Cc1ccc(F)c(F)c1. The third-order valence-electron chi connectivity index (χ3n) is 2.66. The van der Waals surface area contributed by atoms with Crippen molar-refractivity contribution >= 4 is 5.91 Å². The van der Waals surface area contributed by atoms with Gasteiger partial charge in [0.15, 0.2) is 11.6 Å². The molecule has 0 heterocycles. The van der Waals surface area contributed by atoms with Crippen LogP contribution in [-0.4, -0.2) is 19.0 Å². The number of hydrogen-bond acceptors (Lipinski definition) is 2. The number of nitrogens with two attached hydrogens (primary N) is 1. The van der Waals surface area contributed by atoms with Crippen LogP contribution < -0.4 is 11.1 Å². The highest BCUT2D eigenvalue weighted by Crippen LogP contribution is 2.09. The van der Waals surface area contributed by atoms with Crippen LogP contribution in [-0.2, 0) is 11.2 Å². The Morgan fingerprint density at radius 3 is 2.72 bits per heavy atom. The molecule has 0 aliphatic carbocycles. The number of benzene rings is 1. The molecule has 1 aromatic carbocycles. The summed E-state index contributed by atoms with van der Waals surface area (Å²) in [4.78, 5) is 11.6. The van der Waals surface area contributed by atoms with Crippen LogP contribution in [0.25, 0.3) is 0 Å². The second kappa shape index (κ2) is 7.06. The molecule has 18 heavy (non-hydrogen) atoms. The first-order chi connectivity index (χ1) is 8.52. The number of halogens is 2. The summed E-state index contributed by atoms with van der Waals surface area (Å²) < 4.78 is 25.6. The monoisotopic (exact) mass is 256 g/mol. The van der Waals surface area contributed by atoms with Gasteiger partial charge in [-0.15, -0.1) is 0 Å². The van der Waals surface area contributed by atoms with Crippen molar-refractivity contribution in [2.75, 3.05) is 13.1 Å².